The average Bonchev–Trinajstić information content (AvgIpc) is 3.96. The predicted octanol–water partition coefficient (Wildman–Crippen LogP) is 10.2. The van der Waals surface area contributed by atoms with Crippen molar-refractivity contribution in [3.63, 3.8) is 0 Å². The molecule has 2 bridgehead atoms. The molecule has 1 N–H and O–H groups in total. The lowest BCUT2D eigenvalue weighted by Gasteiger charge is -2.46. The van der Waals surface area contributed by atoms with Gasteiger partial charge in [-0.3, -0.25) is 9.59 Å². The van der Waals surface area contributed by atoms with Crippen molar-refractivity contribution in [1.29, 1.82) is 5.26 Å². The first-order valence-electron chi connectivity index (χ1n) is 24.0. The van der Waals surface area contributed by atoms with Crippen LogP contribution in [0, 0.1) is 34.5 Å². The van der Waals surface area contributed by atoms with Crippen molar-refractivity contribution < 1.29 is 37.6 Å². The number of amides is 2. The molecule has 4 atom stereocenters. The second-order valence-electron chi connectivity index (χ2n) is 18.8. The van der Waals surface area contributed by atoms with Crippen LogP contribution in [0.1, 0.15) is 109 Å². The Morgan fingerprint density at radius 1 is 0.788 bits per heavy atom. The normalized spacial score (nSPS) is 19.3. The molecule has 1 saturated heterocycles. The quantitative estimate of drug-likeness (QED) is 0.0359. The van der Waals surface area contributed by atoms with Crippen LogP contribution in [0.5, 0.6) is 17.2 Å². The largest absolute Gasteiger partial charge is 0.497 e. The van der Waals surface area contributed by atoms with Crippen LogP contribution in [0.4, 0.5) is 0 Å². The number of unbranched alkanes of at least 4 members (excludes halogenated alkanes) is 2. The molecule has 3 aromatic carbocycles. The van der Waals surface area contributed by atoms with Gasteiger partial charge in [0.15, 0.2) is 0 Å². The molecule has 1 saturated carbocycles. The van der Waals surface area contributed by atoms with E-state index in [9.17, 15) is 14.9 Å². The van der Waals surface area contributed by atoms with E-state index >= 15 is 0 Å². The zero-order valence-electron chi connectivity index (χ0n) is 40.3. The maximum Gasteiger partial charge on any atom is 0.259 e. The third kappa shape index (κ3) is 12.9. The van der Waals surface area contributed by atoms with E-state index in [1.807, 2.05) is 77.7 Å². The van der Waals surface area contributed by atoms with E-state index in [2.05, 4.69) is 55.9 Å². The van der Waals surface area contributed by atoms with E-state index in [0.29, 0.717) is 76.3 Å². The lowest BCUT2D eigenvalue weighted by Crippen LogP contribution is -2.48. The number of nitriles is 1. The Labute approximate surface area is 395 Å². The number of allylic oxidation sites excluding steroid dienone is 2. The molecule has 358 valence electrons. The van der Waals surface area contributed by atoms with Crippen LogP contribution in [-0.2, 0) is 29.0 Å². The first-order valence-corrected chi connectivity index (χ1v) is 25.1. The van der Waals surface area contributed by atoms with Gasteiger partial charge in [-0.2, -0.15) is 5.26 Å². The molecule has 3 aromatic rings. The first kappa shape index (κ1) is 50.9. The van der Waals surface area contributed by atoms with Crippen molar-refractivity contribution in [2.45, 2.75) is 110 Å². The van der Waals surface area contributed by atoms with Gasteiger partial charge in [0.2, 0.25) is 11.8 Å². The highest BCUT2D eigenvalue weighted by Gasteiger charge is 2.45. The monoisotopic (exact) mass is 925 g/mol. The van der Waals surface area contributed by atoms with E-state index in [1.165, 1.54) is 6.42 Å². The SMILES string of the molecule is COc1ccc(C(OCC2(COP(OCCC#N)N(C(C)C)C(C)C)CCN(C(=O)CCCCCNC(=O)CC3CC4C=CC3C4)CC2)(c2ccc(OC)cc2)c2ccc(OC)cc2)cc1. The summed E-state index contributed by atoms with van der Waals surface area (Å²) >= 11 is 0. The molecular formula is C53H73N4O8P. The van der Waals surface area contributed by atoms with E-state index in [4.69, 9.17) is 28.0 Å². The second-order valence-corrected chi connectivity index (χ2v) is 20.2. The molecule has 3 aliphatic rings. The number of likely N-dealkylation sites (tertiary alicyclic amines) is 1. The molecular weight excluding hydrogens is 852 g/mol. The van der Waals surface area contributed by atoms with Crippen LogP contribution < -0.4 is 19.5 Å². The fourth-order valence-electron chi connectivity index (χ4n) is 9.96. The Balaban J connectivity index is 1.21. The van der Waals surface area contributed by atoms with E-state index in [1.54, 1.807) is 21.3 Å². The summed E-state index contributed by atoms with van der Waals surface area (Å²) in [6, 6.07) is 26.5. The Morgan fingerprint density at radius 2 is 1.35 bits per heavy atom. The Bertz CT molecular complexity index is 1920. The number of methoxy groups -OCH3 is 3. The Hall–Kier alpha value is -4.50. The highest BCUT2D eigenvalue weighted by Crippen LogP contribution is 2.50. The lowest BCUT2D eigenvalue weighted by atomic mass is 9.77. The summed E-state index contributed by atoms with van der Waals surface area (Å²) in [4.78, 5) is 28.4. The number of rotatable bonds is 26. The molecule has 1 heterocycles. The van der Waals surface area contributed by atoms with Gasteiger partial charge in [0.05, 0.1) is 53.6 Å². The van der Waals surface area contributed by atoms with Crippen molar-refractivity contribution in [2.24, 2.45) is 23.2 Å². The minimum Gasteiger partial charge on any atom is -0.497 e. The number of hydrogen-bond donors (Lipinski definition) is 1. The van der Waals surface area contributed by atoms with Crippen LogP contribution in [0.15, 0.2) is 84.9 Å². The molecule has 4 unspecified atom stereocenters. The number of fused-ring (bicyclic) bond motifs is 2. The van der Waals surface area contributed by atoms with Gasteiger partial charge in [-0.05, 0) is 137 Å². The summed E-state index contributed by atoms with van der Waals surface area (Å²) in [5.41, 5.74) is 1.13. The van der Waals surface area contributed by atoms with Gasteiger partial charge >= 0.3 is 0 Å². The molecule has 0 spiro atoms. The summed E-state index contributed by atoms with van der Waals surface area (Å²) < 4.78 is 40.0. The number of carbonyl (C=O) groups excluding carboxylic acids is 2. The Kier molecular flexibility index (Phi) is 18.9. The molecule has 13 heteroatoms. The molecule has 0 radical (unpaired) electrons. The van der Waals surface area contributed by atoms with Gasteiger partial charge in [-0.1, -0.05) is 55.0 Å². The van der Waals surface area contributed by atoms with E-state index < -0.39 is 19.5 Å². The van der Waals surface area contributed by atoms with Gasteiger partial charge in [0, 0.05) is 50.0 Å². The smallest absolute Gasteiger partial charge is 0.259 e. The maximum absolute atomic E-state index is 13.8. The summed E-state index contributed by atoms with van der Waals surface area (Å²) in [5, 5.41) is 12.5. The van der Waals surface area contributed by atoms with Crippen LogP contribution in [-0.4, -0.2) is 94.3 Å². The van der Waals surface area contributed by atoms with Crippen molar-refractivity contribution in [3.8, 4) is 23.3 Å². The summed E-state index contributed by atoms with van der Waals surface area (Å²) in [6.07, 6.45) is 12.1. The third-order valence-electron chi connectivity index (χ3n) is 13.7. The molecule has 6 rings (SSSR count). The average molecular weight is 925 g/mol. The minimum atomic E-state index is -1.53. The number of piperidine rings is 1. The molecule has 1 aliphatic heterocycles. The predicted molar refractivity (Wildman–Crippen MR) is 259 cm³/mol. The van der Waals surface area contributed by atoms with Gasteiger partial charge in [0.25, 0.3) is 8.53 Å². The van der Waals surface area contributed by atoms with Crippen LogP contribution in [0.25, 0.3) is 0 Å². The van der Waals surface area contributed by atoms with Crippen molar-refractivity contribution in [1.82, 2.24) is 14.9 Å². The van der Waals surface area contributed by atoms with Crippen molar-refractivity contribution >= 4 is 20.3 Å². The number of ether oxygens (including phenoxy) is 4. The number of nitrogens with zero attached hydrogens (tertiary/aromatic N) is 3. The summed E-state index contributed by atoms with van der Waals surface area (Å²) in [6.45, 7) is 11.2. The first-order chi connectivity index (χ1) is 31.9. The molecule has 12 nitrogen and oxygen atoms in total. The highest BCUT2D eigenvalue weighted by atomic mass is 31.2. The van der Waals surface area contributed by atoms with Gasteiger partial charge in [-0.15, -0.1) is 0 Å². The zero-order chi connectivity index (χ0) is 47.1. The molecule has 2 amide bonds. The second kappa shape index (κ2) is 24.5. The standard InChI is InChI=1S/C53H73N4O8P/c1-39(2)57(40(3)4)66(64-33-11-29-54)65-38-52(27-31-56(32-28-52)51(59)12-9-8-10-30-55-50(58)36-43-35-41-13-14-42(43)34-41)37-63-53(44-15-21-47(60-5)22-16-44,45-17-23-48(61-6)24-18-45)46-19-25-49(62-7)26-20-46/h13-26,39-43H,8-12,27-28,30-38H2,1-7H3,(H,55,58). The van der Waals surface area contributed by atoms with E-state index in [-0.39, 0.29) is 36.9 Å². The Morgan fingerprint density at radius 3 is 1.82 bits per heavy atom. The maximum atomic E-state index is 13.8. The van der Waals surface area contributed by atoms with Gasteiger partial charge in [-0.25, -0.2) is 4.67 Å². The molecule has 2 aliphatic carbocycles. The number of carbonyl (C=O) groups is 2. The molecule has 66 heavy (non-hydrogen) atoms. The zero-order valence-corrected chi connectivity index (χ0v) is 41.2. The van der Waals surface area contributed by atoms with Gasteiger partial charge in [0.1, 0.15) is 22.8 Å². The van der Waals surface area contributed by atoms with Crippen molar-refractivity contribution in [2.75, 3.05) is 60.8 Å². The fourth-order valence-corrected chi connectivity index (χ4v) is 11.7. The summed E-state index contributed by atoms with van der Waals surface area (Å²) in [5.74, 6) is 4.22. The van der Waals surface area contributed by atoms with E-state index in [0.717, 1.165) is 59.6 Å². The van der Waals surface area contributed by atoms with Crippen molar-refractivity contribution in [3.05, 3.63) is 102 Å². The minimum absolute atomic E-state index is 0.138. The van der Waals surface area contributed by atoms with Crippen LogP contribution in [0.3, 0.4) is 0 Å². The highest BCUT2D eigenvalue weighted by molar-refractivity contribution is 7.44. The topological polar surface area (TPSA) is 132 Å². The van der Waals surface area contributed by atoms with Crippen LogP contribution >= 0.6 is 8.53 Å². The molecule has 2 fully saturated rings. The summed E-state index contributed by atoms with van der Waals surface area (Å²) in [7, 11) is 3.45. The van der Waals surface area contributed by atoms with Crippen LogP contribution in [0.2, 0.25) is 0 Å². The lowest BCUT2D eigenvalue weighted by molar-refractivity contribution is -0.136. The number of nitrogens with one attached hydrogen (secondary N) is 1. The van der Waals surface area contributed by atoms with Gasteiger partial charge < -0.3 is 38.2 Å². The fraction of sp³-hybridized carbons (Fsp3) is 0.566. The number of benzene rings is 3. The number of hydrogen-bond acceptors (Lipinski definition) is 10. The third-order valence-corrected chi connectivity index (χ3v) is 15.7. The molecule has 0 aromatic heterocycles.